The molecule has 5 nitrogen and oxygen atoms in total. The van der Waals surface area contributed by atoms with Gasteiger partial charge in [0.15, 0.2) is 5.96 Å². The first-order chi connectivity index (χ1) is 8.34. The molecule has 2 atom stereocenters. The van der Waals surface area contributed by atoms with Crippen molar-refractivity contribution in [2.45, 2.75) is 39.9 Å². The summed E-state index contributed by atoms with van der Waals surface area (Å²) >= 11 is 0. The molecule has 0 amide bonds. The Labute approximate surface area is 110 Å². The zero-order valence-electron chi connectivity index (χ0n) is 12.3. The van der Waals surface area contributed by atoms with Crippen LogP contribution in [0.25, 0.3) is 0 Å². The second kappa shape index (κ2) is 6.38. The molecule has 2 unspecified atom stereocenters. The number of morpholine rings is 1. The summed E-state index contributed by atoms with van der Waals surface area (Å²) in [6, 6.07) is 0. The van der Waals surface area contributed by atoms with Crippen LogP contribution < -0.4 is 5.73 Å². The number of hydrogen-bond acceptors (Lipinski definition) is 3. The van der Waals surface area contributed by atoms with Gasteiger partial charge in [0.25, 0.3) is 0 Å². The molecule has 0 aromatic carbocycles. The molecule has 1 aliphatic heterocycles. The molecule has 0 saturated carbocycles. The Morgan fingerprint density at radius 3 is 2.72 bits per heavy atom. The lowest BCUT2D eigenvalue weighted by Gasteiger charge is -2.33. The second-order valence-corrected chi connectivity index (χ2v) is 5.92. The third kappa shape index (κ3) is 4.46. The van der Waals surface area contributed by atoms with Crippen LogP contribution in [-0.4, -0.2) is 56.4 Å². The minimum atomic E-state index is 0.0663. The van der Waals surface area contributed by atoms with Crippen LogP contribution in [0.5, 0.6) is 0 Å². The van der Waals surface area contributed by atoms with Crippen LogP contribution in [0.15, 0.2) is 4.99 Å². The maximum absolute atomic E-state index is 6.02. The van der Waals surface area contributed by atoms with E-state index in [9.17, 15) is 0 Å². The molecule has 0 aliphatic carbocycles. The highest BCUT2D eigenvalue weighted by molar-refractivity contribution is 5.78. The van der Waals surface area contributed by atoms with Gasteiger partial charge in [-0.25, -0.2) is 0 Å². The van der Waals surface area contributed by atoms with Gasteiger partial charge in [0.2, 0.25) is 0 Å². The number of nitrogens with two attached hydrogens (primary N) is 1. The predicted octanol–water partition coefficient (Wildman–Crippen LogP) is 1.08. The molecule has 1 aliphatic rings. The number of rotatable bonds is 3. The fourth-order valence-electron chi connectivity index (χ4n) is 2.00. The highest BCUT2D eigenvalue weighted by atomic mass is 16.5. The molecular weight excluding hydrogens is 230 g/mol. The van der Waals surface area contributed by atoms with Crippen LogP contribution >= 0.6 is 0 Å². The second-order valence-electron chi connectivity index (χ2n) is 5.92. The summed E-state index contributed by atoms with van der Waals surface area (Å²) in [5, 5.41) is 0. The molecule has 0 radical (unpaired) electrons. The molecule has 1 rings (SSSR count). The summed E-state index contributed by atoms with van der Waals surface area (Å²) in [4.78, 5) is 6.53. The van der Waals surface area contributed by atoms with Gasteiger partial charge in [-0.2, -0.15) is 0 Å². The number of nitrogens with zero attached hydrogens (tertiary/aromatic N) is 2. The normalized spacial score (nSPS) is 24.2. The van der Waals surface area contributed by atoms with Crippen LogP contribution in [0.3, 0.4) is 0 Å². The third-order valence-corrected chi connectivity index (χ3v) is 3.23. The smallest absolute Gasteiger partial charge is 0.191 e. The molecule has 0 bridgehead atoms. The van der Waals surface area contributed by atoms with E-state index in [2.05, 4.69) is 30.7 Å². The average Bonchev–Trinajstić information content (AvgIpc) is 2.27. The lowest BCUT2D eigenvalue weighted by atomic mass is 9.89. The molecule has 0 aromatic heterocycles. The topological polar surface area (TPSA) is 60.1 Å². The number of hydrogen-bond donors (Lipinski definition) is 1. The molecule has 5 heteroatoms. The summed E-state index contributed by atoms with van der Waals surface area (Å²) in [7, 11) is 1.72. The summed E-state index contributed by atoms with van der Waals surface area (Å²) in [5.74, 6) is 0.594. The molecule has 1 fully saturated rings. The monoisotopic (exact) mass is 257 g/mol. The van der Waals surface area contributed by atoms with Crippen molar-refractivity contribution in [1.82, 2.24) is 4.90 Å². The predicted molar refractivity (Wildman–Crippen MR) is 73.7 cm³/mol. The van der Waals surface area contributed by atoms with E-state index in [4.69, 9.17) is 15.2 Å². The minimum absolute atomic E-state index is 0.0663. The van der Waals surface area contributed by atoms with Gasteiger partial charge in [-0.1, -0.05) is 20.8 Å². The number of ether oxygens (including phenoxy) is 2. The van der Waals surface area contributed by atoms with E-state index in [1.807, 2.05) is 6.92 Å². The Morgan fingerprint density at radius 1 is 1.56 bits per heavy atom. The van der Waals surface area contributed by atoms with E-state index in [1.54, 1.807) is 7.11 Å². The van der Waals surface area contributed by atoms with E-state index in [-0.39, 0.29) is 17.6 Å². The zero-order chi connectivity index (χ0) is 13.8. The Morgan fingerprint density at radius 2 is 2.22 bits per heavy atom. The maximum Gasteiger partial charge on any atom is 0.191 e. The van der Waals surface area contributed by atoms with Gasteiger partial charge in [-0.3, -0.25) is 4.99 Å². The van der Waals surface area contributed by atoms with Gasteiger partial charge in [0.1, 0.15) is 0 Å². The van der Waals surface area contributed by atoms with Gasteiger partial charge in [0, 0.05) is 20.2 Å². The first kappa shape index (κ1) is 15.2. The highest BCUT2D eigenvalue weighted by Gasteiger charge is 2.24. The molecular formula is C13H27N3O2. The molecule has 18 heavy (non-hydrogen) atoms. The first-order valence-corrected chi connectivity index (χ1v) is 6.54. The van der Waals surface area contributed by atoms with Crippen molar-refractivity contribution >= 4 is 5.96 Å². The summed E-state index contributed by atoms with van der Waals surface area (Å²) in [6.07, 6.45) is 0.294. The summed E-state index contributed by atoms with van der Waals surface area (Å²) in [6.45, 7) is 11.4. The first-order valence-electron chi connectivity index (χ1n) is 6.54. The average molecular weight is 257 g/mol. The molecule has 0 aromatic rings. The van der Waals surface area contributed by atoms with Crippen LogP contribution in [0.4, 0.5) is 0 Å². The zero-order valence-corrected chi connectivity index (χ0v) is 12.3. The van der Waals surface area contributed by atoms with Gasteiger partial charge in [-0.15, -0.1) is 0 Å². The standard InChI is InChI=1S/C13H27N3O2/c1-10-9-16(6-7-18-10)12(14)15-8-11(17-5)13(2,3)4/h10-11H,6-9H2,1-5H3,(H2,14,15). The van der Waals surface area contributed by atoms with Gasteiger partial charge in [0.05, 0.1) is 25.4 Å². The van der Waals surface area contributed by atoms with E-state index >= 15 is 0 Å². The maximum atomic E-state index is 6.02. The summed E-state index contributed by atoms with van der Waals surface area (Å²) in [5.41, 5.74) is 6.09. The Bertz CT molecular complexity index is 286. The SMILES string of the molecule is COC(CN=C(N)N1CCOC(C)C1)C(C)(C)C. The fourth-order valence-corrected chi connectivity index (χ4v) is 2.00. The third-order valence-electron chi connectivity index (χ3n) is 3.23. The van der Waals surface area contributed by atoms with E-state index in [1.165, 1.54) is 0 Å². The summed E-state index contributed by atoms with van der Waals surface area (Å²) < 4.78 is 11.0. The molecule has 1 saturated heterocycles. The van der Waals surface area contributed by atoms with E-state index in [0.29, 0.717) is 19.1 Å². The van der Waals surface area contributed by atoms with Crippen LogP contribution in [0, 0.1) is 5.41 Å². The molecule has 1 heterocycles. The Hall–Kier alpha value is -0.810. The largest absolute Gasteiger partial charge is 0.379 e. The number of guanidine groups is 1. The fraction of sp³-hybridized carbons (Fsp3) is 0.923. The van der Waals surface area contributed by atoms with Crippen molar-refractivity contribution in [2.24, 2.45) is 16.1 Å². The molecule has 0 spiro atoms. The number of aliphatic imine (C=N–C) groups is 1. The lowest BCUT2D eigenvalue weighted by Crippen LogP contribution is -2.48. The van der Waals surface area contributed by atoms with Crippen molar-refractivity contribution in [3.63, 3.8) is 0 Å². The molecule has 106 valence electrons. The Kier molecular flexibility index (Phi) is 5.41. The van der Waals surface area contributed by atoms with Crippen LogP contribution in [0.1, 0.15) is 27.7 Å². The molecule has 2 N–H and O–H groups in total. The van der Waals surface area contributed by atoms with Crippen LogP contribution in [0.2, 0.25) is 0 Å². The number of methoxy groups -OCH3 is 1. The van der Waals surface area contributed by atoms with E-state index in [0.717, 1.165) is 13.1 Å². The van der Waals surface area contributed by atoms with Crippen molar-refractivity contribution in [1.29, 1.82) is 0 Å². The van der Waals surface area contributed by atoms with Crippen LogP contribution in [-0.2, 0) is 9.47 Å². The minimum Gasteiger partial charge on any atom is -0.379 e. The van der Waals surface area contributed by atoms with Crippen molar-refractivity contribution in [3.8, 4) is 0 Å². The van der Waals surface area contributed by atoms with Crippen molar-refractivity contribution in [3.05, 3.63) is 0 Å². The highest BCUT2D eigenvalue weighted by Crippen LogP contribution is 2.21. The lowest BCUT2D eigenvalue weighted by molar-refractivity contribution is 0.00446. The quantitative estimate of drug-likeness (QED) is 0.607. The van der Waals surface area contributed by atoms with Gasteiger partial charge >= 0.3 is 0 Å². The van der Waals surface area contributed by atoms with E-state index < -0.39 is 0 Å². The van der Waals surface area contributed by atoms with Crippen molar-refractivity contribution < 1.29 is 9.47 Å². The van der Waals surface area contributed by atoms with Gasteiger partial charge < -0.3 is 20.1 Å². The van der Waals surface area contributed by atoms with Crippen molar-refractivity contribution in [2.75, 3.05) is 33.4 Å². The van der Waals surface area contributed by atoms with Gasteiger partial charge in [-0.05, 0) is 12.3 Å². The Balaban J connectivity index is 2.54.